The van der Waals surface area contributed by atoms with E-state index in [0.29, 0.717) is 27.3 Å². The van der Waals surface area contributed by atoms with E-state index in [9.17, 15) is 43.3 Å². The Balaban J connectivity index is 0.879. The van der Waals surface area contributed by atoms with E-state index in [0.717, 1.165) is 28.4 Å². The van der Waals surface area contributed by atoms with Crippen LogP contribution in [0.1, 0.15) is 18.0 Å². The van der Waals surface area contributed by atoms with Crippen molar-refractivity contribution in [3.05, 3.63) is 68.8 Å². The SMILES string of the molecule is CN(C(=O)OCCSSCCOC(=O)OCC1OC(n2ccc(N)nc2=O)C(F)(F)C1O)C(=O)[C@H]1O[C@@H](n2cnc3c(NCc4cccc(I)c4)ncnc32)C(O)C1O. The van der Waals surface area contributed by atoms with Crippen molar-refractivity contribution in [2.45, 2.75) is 55.4 Å². The van der Waals surface area contributed by atoms with Crippen LogP contribution in [-0.4, -0.2) is 142 Å². The zero-order chi connectivity index (χ0) is 42.4. The highest BCUT2D eigenvalue weighted by atomic mass is 127. The molecule has 2 fully saturated rings. The molecule has 0 spiro atoms. The summed E-state index contributed by atoms with van der Waals surface area (Å²) in [5.41, 5.74) is 5.88. The molecule has 2 aliphatic heterocycles. The Kier molecular flexibility index (Phi) is 14.4. The molecule has 26 heteroatoms. The number of imidazole rings is 1. The normalized spacial score (nSPS) is 23.5. The zero-order valence-corrected chi connectivity index (χ0v) is 34.4. The van der Waals surface area contributed by atoms with E-state index in [1.807, 2.05) is 24.3 Å². The number of carbonyl (C=O) groups is 3. The molecule has 0 saturated carbocycles. The molecule has 6 rings (SSSR count). The minimum Gasteiger partial charge on any atom is -0.448 e. The lowest BCUT2D eigenvalue weighted by Crippen LogP contribution is -2.46. The lowest BCUT2D eigenvalue weighted by Gasteiger charge is -2.20. The van der Waals surface area contributed by atoms with Gasteiger partial charge < -0.3 is 50.1 Å². The first-order valence-corrected chi connectivity index (χ1v) is 21.0. The molecule has 6 N–H and O–H groups in total. The van der Waals surface area contributed by atoms with Crippen molar-refractivity contribution in [1.29, 1.82) is 0 Å². The molecule has 2 saturated heterocycles. The number of nitrogen functional groups attached to an aromatic ring is 1. The number of nitrogens with two attached hydrogens (primary N) is 1. The van der Waals surface area contributed by atoms with Crippen molar-refractivity contribution >= 4 is 85.1 Å². The second-order valence-electron chi connectivity index (χ2n) is 12.7. The van der Waals surface area contributed by atoms with E-state index < -0.39 is 79.4 Å². The van der Waals surface area contributed by atoms with Crippen LogP contribution in [0.15, 0.2) is 54.0 Å². The van der Waals surface area contributed by atoms with Crippen molar-refractivity contribution < 1.29 is 62.2 Å². The first-order valence-electron chi connectivity index (χ1n) is 17.4. The molecule has 0 bridgehead atoms. The minimum absolute atomic E-state index is 0.134. The molecule has 4 aromatic rings. The van der Waals surface area contributed by atoms with Gasteiger partial charge in [-0.15, -0.1) is 0 Å². The van der Waals surface area contributed by atoms with Gasteiger partial charge in [0.05, 0.1) is 6.33 Å². The standard InChI is InChI=1S/C33H36F2IN9O12S2/c1-43(27(49)23-21(46)22(47)28(57-23)45-15-41-20-25(39-14-40-26(20)45)38-12-16-3-2-4-17(36)11-16)31(51)53-7-9-58-59-10-8-54-32(52)55-13-18-24(48)33(34,35)29(56-18)44-6-5-19(37)42-30(44)50/h2-6,11,14-15,18,21-24,28-29,46-48H,7-10,12-13H2,1H3,(H2,37,42,50)(H,38,39,40)/t18?,21?,22?,23-,24?,28+,29?/m0/s1. The molecule has 21 nitrogen and oxygen atoms in total. The van der Waals surface area contributed by atoms with Crippen molar-refractivity contribution in [2.24, 2.45) is 0 Å². The Hall–Kier alpha value is -4.45. The monoisotopic (exact) mass is 979 g/mol. The molecule has 2 amide bonds. The first-order chi connectivity index (χ1) is 28.2. The number of alkyl halides is 2. The van der Waals surface area contributed by atoms with Crippen LogP contribution in [0.25, 0.3) is 11.2 Å². The van der Waals surface area contributed by atoms with Crippen molar-refractivity contribution in [2.75, 3.05) is 49.4 Å². The molecule has 59 heavy (non-hydrogen) atoms. The number of aliphatic hydroxyl groups is 3. The molecular formula is C33H36F2IN9O12S2. The quantitative estimate of drug-likeness (QED) is 0.0489. The number of ether oxygens (including phenoxy) is 5. The van der Waals surface area contributed by atoms with E-state index in [-0.39, 0.29) is 36.2 Å². The number of aromatic nitrogens is 6. The summed E-state index contributed by atoms with van der Waals surface area (Å²) in [6.07, 6.45) is -11.2. The fourth-order valence-corrected chi connectivity index (χ4v) is 8.07. The summed E-state index contributed by atoms with van der Waals surface area (Å²) >= 11 is 2.22. The highest BCUT2D eigenvalue weighted by Crippen LogP contribution is 2.42. The molecule has 2 aliphatic rings. The Morgan fingerprint density at radius 2 is 1.78 bits per heavy atom. The number of nitrogens with zero attached hydrogens (tertiary/aromatic N) is 7. The molecule has 1 aromatic carbocycles. The number of imide groups is 1. The van der Waals surface area contributed by atoms with E-state index >= 15 is 0 Å². The van der Waals surface area contributed by atoms with Crippen LogP contribution < -0.4 is 16.7 Å². The van der Waals surface area contributed by atoms with E-state index in [2.05, 4.69) is 47.8 Å². The Bertz CT molecular complexity index is 2210. The molecule has 0 radical (unpaired) electrons. The second kappa shape index (κ2) is 19.3. The number of anilines is 2. The molecular weight excluding hydrogens is 943 g/mol. The topological polar surface area (TPSA) is 278 Å². The number of fused-ring (bicyclic) bond motifs is 1. The average molecular weight is 980 g/mol. The van der Waals surface area contributed by atoms with Crippen LogP contribution in [0.4, 0.5) is 30.0 Å². The van der Waals surface area contributed by atoms with Crippen LogP contribution in [0.5, 0.6) is 0 Å². The number of hydrogen-bond donors (Lipinski definition) is 5. The fourth-order valence-electron chi connectivity index (χ4n) is 5.81. The lowest BCUT2D eigenvalue weighted by atomic mass is 10.1. The van der Waals surface area contributed by atoms with Crippen LogP contribution in [0.3, 0.4) is 0 Å². The van der Waals surface area contributed by atoms with Crippen LogP contribution in [0.2, 0.25) is 0 Å². The number of nitrogens with one attached hydrogen (secondary N) is 1. The Labute approximate surface area is 353 Å². The smallest absolute Gasteiger partial charge is 0.448 e. The maximum atomic E-state index is 14.6. The largest absolute Gasteiger partial charge is 0.508 e. The number of hydrogen-bond acceptors (Lipinski definition) is 20. The Morgan fingerprint density at radius 1 is 1.03 bits per heavy atom. The maximum Gasteiger partial charge on any atom is 0.508 e. The molecule has 318 valence electrons. The summed E-state index contributed by atoms with van der Waals surface area (Å²) in [4.78, 5) is 66.6. The summed E-state index contributed by atoms with van der Waals surface area (Å²) in [5.74, 6) is -4.18. The van der Waals surface area contributed by atoms with E-state index in [1.54, 1.807) is 0 Å². The van der Waals surface area contributed by atoms with Crippen molar-refractivity contribution in [1.82, 2.24) is 34.0 Å². The second-order valence-corrected chi connectivity index (χ2v) is 16.7. The number of amides is 2. The number of aliphatic hydroxyl groups excluding tert-OH is 3. The van der Waals surface area contributed by atoms with Crippen LogP contribution in [0, 0.1) is 3.57 Å². The highest BCUT2D eigenvalue weighted by molar-refractivity contribution is 14.1. The van der Waals surface area contributed by atoms with E-state index in [4.69, 9.17) is 29.4 Å². The van der Waals surface area contributed by atoms with Gasteiger partial charge in [-0.05, 0) is 46.4 Å². The van der Waals surface area contributed by atoms with Gasteiger partial charge >= 0.3 is 23.9 Å². The third-order valence-electron chi connectivity index (χ3n) is 8.78. The number of carbonyl (C=O) groups excluding carboxylic acids is 3. The molecule has 5 unspecified atom stereocenters. The van der Waals surface area contributed by atoms with Gasteiger partial charge in [0, 0.05) is 34.9 Å². The van der Waals surface area contributed by atoms with Gasteiger partial charge in [0.1, 0.15) is 50.3 Å². The number of benzene rings is 1. The predicted octanol–water partition coefficient (Wildman–Crippen LogP) is 1.52. The number of likely N-dealkylation sites (N-methyl/N-ethyl adjacent to an activating group) is 1. The van der Waals surface area contributed by atoms with Gasteiger partial charge in [-0.2, -0.15) is 13.8 Å². The first kappa shape index (κ1) is 44.1. The van der Waals surface area contributed by atoms with Gasteiger partial charge in [0.2, 0.25) is 6.23 Å². The minimum atomic E-state index is -3.92. The number of rotatable bonds is 15. The predicted molar refractivity (Wildman–Crippen MR) is 212 cm³/mol. The average Bonchev–Trinajstić information content (AvgIpc) is 3.84. The lowest BCUT2D eigenvalue weighted by molar-refractivity contribution is -0.145. The Morgan fingerprint density at radius 3 is 2.51 bits per heavy atom. The number of halogens is 3. The summed E-state index contributed by atoms with van der Waals surface area (Å²) in [6.45, 7) is -0.643. The van der Waals surface area contributed by atoms with Crippen molar-refractivity contribution in [3.63, 3.8) is 0 Å². The third kappa shape index (κ3) is 10.1. The van der Waals surface area contributed by atoms with Crippen LogP contribution in [-0.2, 0) is 35.0 Å². The molecule has 5 heterocycles. The third-order valence-corrected chi connectivity index (χ3v) is 11.8. The molecule has 3 aromatic heterocycles. The van der Waals surface area contributed by atoms with Crippen molar-refractivity contribution in [3.8, 4) is 0 Å². The van der Waals surface area contributed by atoms with E-state index in [1.165, 1.54) is 38.8 Å². The molecule has 0 aliphatic carbocycles. The molecule has 7 atom stereocenters. The fraction of sp³-hybridized carbons (Fsp3) is 0.455. The highest BCUT2D eigenvalue weighted by Gasteiger charge is 2.60. The van der Waals surface area contributed by atoms with Gasteiger partial charge in [-0.3, -0.25) is 13.9 Å². The summed E-state index contributed by atoms with van der Waals surface area (Å²) < 4.78 is 57.9. The maximum absolute atomic E-state index is 14.6. The van der Waals surface area contributed by atoms with Gasteiger partial charge in [-0.1, -0.05) is 33.7 Å². The zero-order valence-electron chi connectivity index (χ0n) is 30.6. The summed E-state index contributed by atoms with van der Waals surface area (Å²) in [6, 6.07) is 8.96. The van der Waals surface area contributed by atoms with Gasteiger partial charge in [0.15, 0.2) is 35.4 Å². The summed E-state index contributed by atoms with van der Waals surface area (Å²) in [5, 5.41) is 34.9. The van der Waals surface area contributed by atoms with Crippen LogP contribution >= 0.6 is 44.2 Å². The van der Waals surface area contributed by atoms with Gasteiger partial charge in [0.25, 0.3) is 5.91 Å². The summed E-state index contributed by atoms with van der Waals surface area (Å²) in [7, 11) is 3.59. The van der Waals surface area contributed by atoms with Gasteiger partial charge in [-0.25, -0.2) is 34.2 Å².